The lowest BCUT2D eigenvalue weighted by Gasteiger charge is -2.10. The predicted octanol–water partition coefficient (Wildman–Crippen LogP) is 1.47. The van der Waals surface area contributed by atoms with Crippen LogP contribution in [0.15, 0.2) is 30.3 Å². The second-order valence-corrected chi connectivity index (χ2v) is 4.43. The Morgan fingerprint density at radius 1 is 1.21 bits per heavy atom. The smallest absolute Gasteiger partial charge is 0.231 e. The highest BCUT2D eigenvalue weighted by atomic mass is 16.2. The third-order valence-electron chi connectivity index (χ3n) is 3.26. The quantitative estimate of drug-likeness (QED) is 0.760. The van der Waals surface area contributed by atoms with E-state index in [-0.39, 0.29) is 5.91 Å². The number of aromatic nitrogens is 2. The van der Waals surface area contributed by atoms with E-state index >= 15 is 0 Å². The standard InChI is InChI=1S/C14H11N3O2/c1-17-13-5-2-9(6-10(13)7-14(17)19)12-4-3-11(8-18)15-16-12/h2-6,8H,7H2,1H3. The first-order valence-corrected chi connectivity index (χ1v) is 5.88. The number of carbonyl (C=O) groups excluding carboxylic acids is 2. The van der Waals surface area contributed by atoms with E-state index in [2.05, 4.69) is 10.2 Å². The topological polar surface area (TPSA) is 63.2 Å². The van der Waals surface area contributed by atoms with Gasteiger partial charge in [0.15, 0.2) is 6.29 Å². The number of likely N-dealkylation sites (N-methyl/N-ethyl adjacent to an activating group) is 1. The molecule has 1 aromatic carbocycles. The summed E-state index contributed by atoms with van der Waals surface area (Å²) < 4.78 is 0. The molecule has 3 rings (SSSR count). The number of amides is 1. The second kappa shape index (κ2) is 4.28. The number of rotatable bonds is 2. The van der Waals surface area contributed by atoms with Gasteiger partial charge in [-0.15, -0.1) is 10.2 Å². The van der Waals surface area contributed by atoms with Gasteiger partial charge in [0, 0.05) is 18.3 Å². The van der Waals surface area contributed by atoms with Crippen LogP contribution in [0.3, 0.4) is 0 Å². The number of nitrogens with zero attached hydrogens (tertiary/aromatic N) is 3. The summed E-state index contributed by atoms with van der Waals surface area (Å²) in [5.41, 5.74) is 3.82. The number of anilines is 1. The molecule has 2 heterocycles. The van der Waals surface area contributed by atoms with E-state index in [9.17, 15) is 9.59 Å². The minimum absolute atomic E-state index is 0.0922. The molecule has 1 amide bonds. The molecule has 0 aliphatic carbocycles. The fourth-order valence-corrected chi connectivity index (χ4v) is 2.19. The van der Waals surface area contributed by atoms with Crippen LogP contribution >= 0.6 is 0 Å². The fraction of sp³-hybridized carbons (Fsp3) is 0.143. The zero-order valence-corrected chi connectivity index (χ0v) is 10.3. The summed E-state index contributed by atoms with van der Waals surface area (Å²) in [7, 11) is 1.77. The van der Waals surface area contributed by atoms with Crippen molar-refractivity contribution in [2.24, 2.45) is 0 Å². The van der Waals surface area contributed by atoms with E-state index < -0.39 is 0 Å². The first-order valence-electron chi connectivity index (χ1n) is 5.88. The molecule has 0 saturated heterocycles. The van der Waals surface area contributed by atoms with Gasteiger partial charge in [-0.25, -0.2) is 0 Å². The maximum atomic E-state index is 11.6. The Hall–Kier alpha value is -2.56. The summed E-state index contributed by atoms with van der Waals surface area (Å²) in [5, 5.41) is 7.81. The number of benzene rings is 1. The second-order valence-electron chi connectivity index (χ2n) is 4.43. The van der Waals surface area contributed by atoms with Gasteiger partial charge in [-0.2, -0.15) is 0 Å². The van der Waals surface area contributed by atoms with E-state index in [1.54, 1.807) is 24.1 Å². The van der Waals surface area contributed by atoms with Gasteiger partial charge in [0.2, 0.25) is 5.91 Å². The third-order valence-corrected chi connectivity index (χ3v) is 3.26. The van der Waals surface area contributed by atoms with Crippen molar-refractivity contribution < 1.29 is 9.59 Å². The van der Waals surface area contributed by atoms with Crippen molar-refractivity contribution >= 4 is 17.9 Å². The van der Waals surface area contributed by atoms with Gasteiger partial charge >= 0.3 is 0 Å². The Morgan fingerprint density at radius 3 is 2.74 bits per heavy atom. The molecule has 0 unspecified atom stereocenters. The maximum absolute atomic E-state index is 11.6. The lowest BCUT2D eigenvalue weighted by atomic mass is 10.1. The molecule has 0 radical (unpaired) electrons. The van der Waals surface area contributed by atoms with Crippen molar-refractivity contribution in [1.29, 1.82) is 0 Å². The Morgan fingerprint density at radius 2 is 2.05 bits per heavy atom. The number of aldehydes is 1. The number of carbonyl (C=O) groups is 2. The van der Waals surface area contributed by atoms with Crippen LogP contribution in [0.25, 0.3) is 11.3 Å². The predicted molar refractivity (Wildman–Crippen MR) is 70.0 cm³/mol. The maximum Gasteiger partial charge on any atom is 0.231 e. The molecule has 1 aliphatic rings. The fourth-order valence-electron chi connectivity index (χ4n) is 2.19. The normalized spacial score (nSPS) is 13.5. The minimum Gasteiger partial charge on any atom is -0.315 e. The van der Waals surface area contributed by atoms with Gasteiger partial charge in [-0.3, -0.25) is 9.59 Å². The van der Waals surface area contributed by atoms with Crippen molar-refractivity contribution in [1.82, 2.24) is 10.2 Å². The van der Waals surface area contributed by atoms with Crippen LogP contribution in [0.2, 0.25) is 0 Å². The average molecular weight is 253 g/mol. The van der Waals surface area contributed by atoms with E-state index in [0.29, 0.717) is 24.1 Å². The molecule has 94 valence electrons. The van der Waals surface area contributed by atoms with Crippen LogP contribution in [0.5, 0.6) is 0 Å². The zero-order valence-electron chi connectivity index (χ0n) is 10.3. The van der Waals surface area contributed by atoms with Crippen molar-refractivity contribution in [2.75, 3.05) is 11.9 Å². The molecule has 0 atom stereocenters. The molecule has 2 aromatic rings. The van der Waals surface area contributed by atoms with E-state index in [1.165, 1.54) is 0 Å². The molecule has 0 N–H and O–H groups in total. The minimum atomic E-state index is 0.0922. The first-order chi connectivity index (χ1) is 9.19. The van der Waals surface area contributed by atoms with Crippen molar-refractivity contribution in [3.63, 3.8) is 0 Å². The van der Waals surface area contributed by atoms with Gasteiger partial charge in [0.25, 0.3) is 0 Å². The molecule has 19 heavy (non-hydrogen) atoms. The van der Waals surface area contributed by atoms with Gasteiger partial charge in [-0.05, 0) is 29.8 Å². The van der Waals surface area contributed by atoms with E-state index in [4.69, 9.17) is 0 Å². The summed E-state index contributed by atoms with van der Waals surface area (Å²) in [6, 6.07) is 9.13. The van der Waals surface area contributed by atoms with E-state index in [0.717, 1.165) is 16.8 Å². The van der Waals surface area contributed by atoms with Crippen LogP contribution in [-0.2, 0) is 11.2 Å². The molecule has 0 fully saturated rings. The molecule has 1 aliphatic heterocycles. The summed E-state index contributed by atoms with van der Waals surface area (Å²) >= 11 is 0. The average Bonchev–Trinajstić information content (AvgIpc) is 2.74. The van der Waals surface area contributed by atoms with Crippen LogP contribution in [0.4, 0.5) is 5.69 Å². The Labute approximate surface area is 109 Å². The summed E-state index contributed by atoms with van der Waals surface area (Å²) in [5.74, 6) is 0.0922. The number of hydrogen-bond donors (Lipinski definition) is 0. The molecule has 5 nitrogen and oxygen atoms in total. The van der Waals surface area contributed by atoms with Gasteiger partial charge in [-0.1, -0.05) is 6.07 Å². The lowest BCUT2D eigenvalue weighted by molar-refractivity contribution is -0.117. The highest BCUT2D eigenvalue weighted by Crippen LogP contribution is 2.31. The Kier molecular flexibility index (Phi) is 2.59. The summed E-state index contributed by atoms with van der Waals surface area (Å²) in [4.78, 5) is 23.8. The van der Waals surface area contributed by atoms with Crippen LogP contribution in [-0.4, -0.2) is 29.4 Å². The Bertz CT molecular complexity index is 665. The van der Waals surface area contributed by atoms with Gasteiger partial charge in [0.05, 0.1) is 12.1 Å². The van der Waals surface area contributed by atoms with Gasteiger partial charge < -0.3 is 4.90 Å². The molecular weight excluding hydrogens is 242 g/mol. The summed E-state index contributed by atoms with van der Waals surface area (Å²) in [6.45, 7) is 0. The SMILES string of the molecule is CN1C(=O)Cc2cc(-c3ccc(C=O)nn3)ccc21. The highest BCUT2D eigenvalue weighted by Gasteiger charge is 2.24. The number of fused-ring (bicyclic) bond motifs is 1. The lowest BCUT2D eigenvalue weighted by Crippen LogP contribution is -2.20. The van der Waals surface area contributed by atoms with Crippen LogP contribution in [0, 0.1) is 0 Å². The molecule has 5 heteroatoms. The van der Waals surface area contributed by atoms with Crippen LogP contribution in [0.1, 0.15) is 16.1 Å². The molecule has 1 aromatic heterocycles. The summed E-state index contributed by atoms with van der Waals surface area (Å²) in [6.07, 6.45) is 1.08. The zero-order chi connectivity index (χ0) is 13.4. The van der Waals surface area contributed by atoms with Crippen LogP contribution < -0.4 is 4.90 Å². The van der Waals surface area contributed by atoms with Gasteiger partial charge in [0.1, 0.15) is 5.69 Å². The number of hydrogen-bond acceptors (Lipinski definition) is 4. The van der Waals surface area contributed by atoms with Crippen molar-refractivity contribution in [3.05, 3.63) is 41.6 Å². The van der Waals surface area contributed by atoms with E-state index in [1.807, 2.05) is 18.2 Å². The largest absolute Gasteiger partial charge is 0.315 e. The molecule has 0 saturated carbocycles. The monoisotopic (exact) mass is 253 g/mol. The third kappa shape index (κ3) is 1.89. The first kappa shape index (κ1) is 11.5. The van der Waals surface area contributed by atoms with Crippen molar-refractivity contribution in [2.45, 2.75) is 6.42 Å². The molecule has 0 bridgehead atoms. The van der Waals surface area contributed by atoms with Crippen molar-refractivity contribution in [3.8, 4) is 11.3 Å². The Balaban J connectivity index is 2.01. The molecule has 0 spiro atoms. The highest BCUT2D eigenvalue weighted by molar-refractivity contribution is 6.01. The molecular formula is C14H11N3O2.